The highest BCUT2D eigenvalue weighted by molar-refractivity contribution is 5.06. The first kappa shape index (κ1) is 11.3. The smallest absolute Gasteiger partial charge is 0.274 e. The molecule has 0 radical (unpaired) electrons. The highest BCUT2D eigenvalue weighted by Gasteiger charge is 2.19. The first-order chi connectivity index (χ1) is 8.15. The standard InChI is InChI=1S/C10H13N5O2/c1-8-4-13-9(5-12-8)6-14-3-2-11-10(14)7-15(16)17/h4-5,7,11H,2-3,6H2,1H3/b10-7-. The van der Waals surface area contributed by atoms with E-state index in [2.05, 4.69) is 15.3 Å². The van der Waals surface area contributed by atoms with E-state index < -0.39 is 4.92 Å². The van der Waals surface area contributed by atoms with Gasteiger partial charge in [0.15, 0.2) is 5.82 Å². The van der Waals surface area contributed by atoms with Crippen LogP contribution in [-0.4, -0.2) is 32.9 Å². The van der Waals surface area contributed by atoms with E-state index in [-0.39, 0.29) is 0 Å². The first-order valence-corrected chi connectivity index (χ1v) is 5.27. The van der Waals surface area contributed by atoms with Gasteiger partial charge in [-0.05, 0) is 6.92 Å². The van der Waals surface area contributed by atoms with Crippen LogP contribution in [-0.2, 0) is 6.54 Å². The van der Waals surface area contributed by atoms with Gasteiger partial charge in [0.1, 0.15) is 0 Å². The van der Waals surface area contributed by atoms with Crippen molar-refractivity contribution in [3.63, 3.8) is 0 Å². The molecule has 1 N–H and O–H groups in total. The number of aryl methyl sites for hydroxylation is 1. The van der Waals surface area contributed by atoms with Crippen LogP contribution in [0, 0.1) is 17.0 Å². The van der Waals surface area contributed by atoms with Crippen molar-refractivity contribution in [1.82, 2.24) is 20.2 Å². The molecule has 0 saturated carbocycles. The van der Waals surface area contributed by atoms with Crippen LogP contribution in [0.15, 0.2) is 24.4 Å². The minimum absolute atomic E-state index is 0.457. The molecular formula is C10H13N5O2. The molecule has 1 fully saturated rings. The minimum atomic E-state index is -0.457. The van der Waals surface area contributed by atoms with Crippen molar-refractivity contribution in [2.75, 3.05) is 13.1 Å². The van der Waals surface area contributed by atoms with E-state index in [1.165, 1.54) is 0 Å². The average Bonchev–Trinajstić information content (AvgIpc) is 2.68. The second kappa shape index (κ2) is 4.77. The molecular weight excluding hydrogens is 222 g/mol. The Morgan fingerprint density at radius 3 is 3.06 bits per heavy atom. The second-order valence-electron chi connectivity index (χ2n) is 3.80. The molecule has 2 rings (SSSR count). The monoisotopic (exact) mass is 235 g/mol. The lowest BCUT2D eigenvalue weighted by Gasteiger charge is -2.16. The van der Waals surface area contributed by atoms with Crippen molar-refractivity contribution in [2.24, 2.45) is 0 Å². The Morgan fingerprint density at radius 1 is 1.59 bits per heavy atom. The Balaban J connectivity index is 2.07. The number of aromatic nitrogens is 2. The maximum atomic E-state index is 10.4. The average molecular weight is 235 g/mol. The molecule has 1 aliphatic heterocycles. The van der Waals surface area contributed by atoms with Gasteiger partial charge in [-0.1, -0.05) is 0 Å². The fraction of sp³-hybridized carbons (Fsp3) is 0.400. The van der Waals surface area contributed by atoms with Crippen LogP contribution in [0.3, 0.4) is 0 Å². The van der Waals surface area contributed by atoms with Crippen LogP contribution in [0.5, 0.6) is 0 Å². The molecule has 1 aromatic rings. The van der Waals surface area contributed by atoms with Gasteiger partial charge < -0.3 is 10.2 Å². The molecule has 0 spiro atoms. The summed E-state index contributed by atoms with van der Waals surface area (Å²) in [4.78, 5) is 20.2. The van der Waals surface area contributed by atoms with Gasteiger partial charge in [0.2, 0.25) is 0 Å². The van der Waals surface area contributed by atoms with E-state index in [4.69, 9.17) is 0 Å². The van der Waals surface area contributed by atoms with Crippen molar-refractivity contribution < 1.29 is 4.92 Å². The van der Waals surface area contributed by atoms with Crippen molar-refractivity contribution in [2.45, 2.75) is 13.5 Å². The Labute approximate surface area is 98.3 Å². The summed E-state index contributed by atoms with van der Waals surface area (Å²) < 4.78 is 0. The number of nitrogens with one attached hydrogen (secondary N) is 1. The third-order valence-electron chi connectivity index (χ3n) is 2.44. The van der Waals surface area contributed by atoms with Crippen LogP contribution in [0.4, 0.5) is 0 Å². The number of rotatable bonds is 3. The molecule has 0 unspecified atom stereocenters. The van der Waals surface area contributed by atoms with Crippen molar-refractivity contribution in [1.29, 1.82) is 0 Å². The molecule has 0 atom stereocenters. The topological polar surface area (TPSA) is 84.2 Å². The van der Waals surface area contributed by atoms with Crippen LogP contribution in [0.2, 0.25) is 0 Å². The summed E-state index contributed by atoms with van der Waals surface area (Å²) in [5, 5.41) is 13.4. The van der Waals surface area contributed by atoms with E-state index >= 15 is 0 Å². The fourth-order valence-corrected chi connectivity index (χ4v) is 1.64. The molecule has 0 aromatic carbocycles. The van der Waals surface area contributed by atoms with Crippen LogP contribution < -0.4 is 5.32 Å². The highest BCUT2D eigenvalue weighted by atomic mass is 16.6. The van der Waals surface area contributed by atoms with E-state index in [0.717, 1.165) is 24.1 Å². The zero-order chi connectivity index (χ0) is 12.3. The molecule has 17 heavy (non-hydrogen) atoms. The normalized spacial score (nSPS) is 17.2. The molecule has 0 aliphatic carbocycles. The van der Waals surface area contributed by atoms with E-state index in [1.807, 2.05) is 11.8 Å². The van der Waals surface area contributed by atoms with Gasteiger partial charge in [-0.15, -0.1) is 0 Å². The third kappa shape index (κ3) is 2.90. The SMILES string of the molecule is Cc1cnc(CN2CCN/C2=C/[N+](=O)[O-])cn1. The zero-order valence-corrected chi connectivity index (χ0v) is 9.46. The molecule has 1 aliphatic rings. The van der Waals surface area contributed by atoms with E-state index in [1.54, 1.807) is 12.4 Å². The molecule has 2 heterocycles. The molecule has 0 bridgehead atoms. The van der Waals surface area contributed by atoms with Gasteiger partial charge in [-0.25, -0.2) is 0 Å². The summed E-state index contributed by atoms with van der Waals surface area (Å²) in [5.41, 5.74) is 1.66. The van der Waals surface area contributed by atoms with Crippen LogP contribution in [0.25, 0.3) is 0 Å². The van der Waals surface area contributed by atoms with Gasteiger partial charge in [0.25, 0.3) is 6.20 Å². The lowest BCUT2D eigenvalue weighted by Crippen LogP contribution is -2.21. The summed E-state index contributed by atoms with van der Waals surface area (Å²) in [6.45, 7) is 3.83. The van der Waals surface area contributed by atoms with E-state index in [9.17, 15) is 10.1 Å². The van der Waals surface area contributed by atoms with Gasteiger partial charge in [0.05, 0.1) is 29.1 Å². The third-order valence-corrected chi connectivity index (χ3v) is 2.44. The Morgan fingerprint density at radius 2 is 2.41 bits per heavy atom. The molecule has 0 amide bonds. The maximum absolute atomic E-state index is 10.4. The molecule has 1 saturated heterocycles. The summed E-state index contributed by atoms with van der Waals surface area (Å²) >= 11 is 0. The summed E-state index contributed by atoms with van der Waals surface area (Å²) in [7, 11) is 0. The number of hydrogen-bond donors (Lipinski definition) is 1. The van der Waals surface area contributed by atoms with Gasteiger partial charge in [-0.2, -0.15) is 0 Å². The lowest BCUT2D eigenvalue weighted by atomic mass is 10.4. The highest BCUT2D eigenvalue weighted by Crippen LogP contribution is 2.11. The first-order valence-electron chi connectivity index (χ1n) is 5.27. The predicted molar refractivity (Wildman–Crippen MR) is 60.3 cm³/mol. The Hall–Kier alpha value is -2.18. The van der Waals surface area contributed by atoms with Gasteiger partial charge in [-0.3, -0.25) is 20.1 Å². The van der Waals surface area contributed by atoms with Gasteiger partial charge >= 0.3 is 0 Å². The van der Waals surface area contributed by atoms with Crippen molar-refractivity contribution in [3.8, 4) is 0 Å². The second-order valence-corrected chi connectivity index (χ2v) is 3.80. The minimum Gasteiger partial charge on any atom is -0.365 e. The number of hydrogen-bond acceptors (Lipinski definition) is 6. The largest absolute Gasteiger partial charge is 0.365 e. The molecule has 1 aromatic heterocycles. The van der Waals surface area contributed by atoms with Crippen molar-refractivity contribution >= 4 is 0 Å². The zero-order valence-electron chi connectivity index (χ0n) is 9.46. The maximum Gasteiger partial charge on any atom is 0.274 e. The Kier molecular flexibility index (Phi) is 3.17. The Bertz CT molecular complexity index is 443. The van der Waals surface area contributed by atoms with E-state index in [0.29, 0.717) is 18.9 Å². The summed E-state index contributed by atoms with van der Waals surface area (Å²) in [6, 6.07) is 0. The number of nitrogens with zero attached hydrogens (tertiary/aromatic N) is 4. The fourth-order valence-electron chi connectivity index (χ4n) is 1.64. The van der Waals surface area contributed by atoms with Gasteiger partial charge in [0, 0.05) is 19.3 Å². The van der Waals surface area contributed by atoms with Crippen LogP contribution >= 0.6 is 0 Å². The number of nitro groups is 1. The predicted octanol–water partition coefficient (Wildman–Crippen LogP) is 0.266. The van der Waals surface area contributed by atoms with Crippen LogP contribution in [0.1, 0.15) is 11.4 Å². The molecule has 90 valence electrons. The van der Waals surface area contributed by atoms with Crippen molar-refractivity contribution in [3.05, 3.63) is 45.9 Å². The lowest BCUT2D eigenvalue weighted by molar-refractivity contribution is -0.404. The molecule has 7 heteroatoms. The molecule has 7 nitrogen and oxygen atoms in total. The summed E-state index contributed by atoms with van der Waals surface area (Å²) in [6.07, 6.45) is 4.36. The quantitative estimate of drug-likeness (QED) is 0.598. The summed E-state index contributed by atoms with van der Waals surface area (Å²) in [5.74, 6) is 0.525.